The maximum atomic E-state index is 12.2. The van der Waals surface area contributed by atoms with E-state index >= 15 is 0 Å². The Morgan fingerprint density at radius 3 is 2.31 bits per heavy atom. The number of thioether (sulfide) groups is 1. The van der Waals surface area contributed by atoms with Gasteiger partial charge in [-0.05, 0) is 59.7 Å². The highest BCUT2D eigenvalue weighted by Crippen LogP contribution is 2.22. The third kappa shape index (κ3) is 6.62. The molecule has 3 rings (SSSR count). The molecule has 29 heavy (non-hydrogen) atoms. The van der Waals surface area contributed by atoms with Crippen molar-refractivity contribution >= 4 is 29.9 Å². The van der Waals surface area contributed by atoms with Gasteiger partial charge in [0.05, 0.1) is 6.21 Å². The first-order chi connectivity index (χ1) is 14.1. The van der Waals surface area contributed by atoms with E-state index in [9.17, 15) is 9.59 Å². The number of amides is 1. The molecule has 3 aromatic carbocycles. The second kappa shape index (κ2) is 10.2. The molecule has 0 aliphatic carbocycles. The predicted molar refractivity (Wildman–Crippen MR) is 115 cm³/mol. The van der Waals surface area contributed by atoms with Crippen molar-refractivity contribution in [1.82, 2.24) is 5.43 Å². The van der Waals surface area contributed by atoms with Gasteiger partial charge in [0.1, 0.15) is 5.75 Å². The van der Waals surface area contributed by atoms with Gasteiger partial charge in [-0.2, -0.15) is 5.10 Å². The number of carbonyl (C=O) groups excluding carboxylic acids is 2. The topological polar surface area (TPSA) is 67.8 Å². The van der Waals surface area contributed by atoms with Gasteiger partial charge in [0.25, 0.3) is 5.91 Å². The number of hydrogen-bond donors (Lipinski definition) is 1. The third-order valence-corrected chi connectivity index (χ3v) is 4.97. The van der Waals surface area contributed by atoms with Crippen molar-refractivity contribution < 1.29 is 14.3 Å². The number of benzene rings is 3. The van der Waals surface area contributed by atoms with Crippen molar-refractivity contribution in [2.24, 2.45) is 5.10 Å². The van der Waals surface area contributed by atoms with Crippen LogP contribution in [0.25, 0.3) is 0 Å². The molecule has 0 saturated carbocycles. The summed E-state index contributed by atoms with van der Waals surface area (Å²) in [6, 6.07) is 24.5. The van der Waals surface area contributed by atoms with Crippen LogP contribution in [-0.2, 0) is 10.5 Å². The van der Waals surface area contributed by atoms with Crippen molar-refractivity contribution in [3.05, 3.63) is 95.6 Å². The molecule has 3 aromatic rings. The average Bonchev–Trinajstić information content (AvgIpc) is 2.74. The Morgan fingerprint density at radius 2 is 1.66 bits per heavy atom. The van der Waals surface area contributed by atoms with E-state index < -0.39 is 0 Å². The van der Waals surface area contributed by atoms with E-state index in [0.29, 0.717) is 11.3 Å². The highest BCUT2D eigenvalue weighted by Gasteiger charge is 2.04. The summed E-state index contributed by atoms with van der Waals surface area (Å²) in [6.45, 7) is 1.35. The minimum atomic E-state index is -0.372. The van der Waals surface area contributed by atoms with Crippen LogP contribution in [0.1, 0.15) is 28.4 Å². The summed E-state index contributed by atoms with van der Waals surface area (Å²) >= 11 is 1.75. The normalized spacial score (nSPS) is 10.7. The summed E-state index contributed by atoms with van der Waals surface area (Å²) in [4.78, 5) is 24.3. The van der Waals surface area contributed by atoms with E-state index in [4.69, 9.17) is 4.74 Å². The van der Waals surface area contributed by atoms with Crippen LogP contribution in [-0.4, -0.2) is 18.1 Å². The zero-order valence-electron chi connectivity index (χ0n) is 15.9. The molecule has 1 amide bonds. The van der Waals surface area contributed by atoms with Crippen LogP contribution in [0.4, 0.5) is 0 Å². The summed E-state index contributed by atoms with van der Waals surface area (Å²) in [7, 11) is 0. The first kappa shape index (κ1) is 20.4. The maximum Gasteiger partial charge on any atom is 0.308 e. The van der Waals surface area contributed by atoms with Crippen molar-refractivity contribution in [2.75, 3.05) is 0 Å². The third-order valence-electron chi connectivity index (χ3n) is 3.89. The van der Waals surface area contributed by atoms with Gasteiger partial charge in [-0.15, -0.1) is 11.8 Å². The monoisotopic (exact) mass is 404 g/mol. The van der Waals surface area contributed by atoms with Crippen LogP contribution in [0.3, 0.4) is 0 Å². The minimum Gasteiger partial charge on any atom is -0.427 e. The molecule has 0 saturated heterocycles. The van der Waals surface area contributed by atoms with E-state index in [-0.39, 0.29) is 11.9 Å². The number of nitrogens with one attached hydrogen (secondary N) is 1. The van der Waals surface area contributed by atoms with E-state index in [1.165, 1.54) is 18.0 Å². The Labute approximate surface area is 173 Å². The van der Waals surface area contributed by atoms with Crippen LogP contribution in [0.5, 0.6) is 5.75 Å². The van der Waals surface area contributed by atoms with Crippen LogP contribution in [0.15, 0.2) is 88.9 Å². The van der Waals surface area contributed by atoms with Crippen LogP contribution in [0.2, 0.25) is 0 Å². The predicted octanol–water partition coefficient (Wildman–Crippen LogP) is 4.67. The molecule has 0 aliphatic heterocycles. The SMILES string of the molecule is CC(=O)Oc1ccc(/C=N/NC(=O)c2ccc(CSc3ccccc3)cc2)cc1. The fourth-order valence-corrected chi connectivity index (χ4v) is 3.33. The Morgan fingerprint density at radius 1 is 0.966 bits per heavy atom. The second-order valence-corrected chi connectivity index (χ2v) is 7.21. The molecular weight excluding hydrogens is 384 g/mol. The first-order valence-electron chi connectivity index (χ1n) is 8.99. The summed E-state index contributed by atoms with van der Waals surface area (Å²) in [5.41, 5.74) is 4.97. The van der Waals surface area contributed by atoms with Crippen molar-refractivity contribution in [1.29, 1.82) is 0 Å². The molecule has 0 radical (unpaired) electrons. The van der Waals surface area contributed by atoms with E-state index in [1.807, 2.05) is 30.3 Å². The molecule has 5 nitrogen and oxygen atoms in total. The maximum absolute atomic E-state index is 12.2. The lowest BCUT2D eigenvalue weighted by Gasteiger charge is -2.04. The highest BCUT2D eigenvalue weighted by atomic mass is 32.2. The highest BCUT2D eigenvalue weighted by molar-refractivity contribution is 7.98. The molecule has 0 aliphatic rings. The number of ether oxygens (including phenoxy) is 1. The van der Waals surface area contributed by atoms with Gasteiger partial charge in [0.2, 0.25) is 0 Å². The summed E-state index contributed by atoms with van der Waals surface area (Å²) in [5, 5.41) is 3.97. The molecule has 0 spiro atoms. The van der Waals surface area contributed by atoms with Gasteiger partial charge in [0.15, 0.2) is 0 Å². The Balaban J connectivity index is 1.50. The van der Waals surface area contributed by atoms with Crippen LogP contribution >= 0.6 is 11.8 Å². The molecule has 0 aromatic heterocycles. The molecule has 0 bridgehead atoms. The zero-order valence-corrected chi connectivity index (χ0v) is 16.7. The first-order valence-corrected chi connectivity index (χ1v) is 9.97. The lowest BCUT2D eigenvalue weighted by Crippen LogP contribution is -2.17. The zero-order chi connectivity index (χ0) is 20.5. The van der Waals surface area contributed by atoms with Gasteiger partial charge in [-0.1, -0.05) is 30.3 Å². The van der Waals surface area contributed by atoms with E-state index in [0.717, 1.165) is 16.9 Å². The Bertz CT molecular complexity index is 985. The summed E-state index contributed by atoms with van der Waals surface area (Å²) in [5.74, 6) is 0.653. The largest absolute Gasteiger partial charge is 0.427 e. The lowest BCUT2D eigenvalue weighted by molar-refractivity contribution is -0.131. The Hall–Kier alpha value is -3.38. The molecule has 1 N–H and O–H groups in total. The summed E-state index contributed by atoms with van der Waals surface area (Å²) in [6.07, 6.45) is 1.53. The van der Waals surface area contributed by atoms with Gasteiger partial charge in [-0.3, -0.25) is 9.59 Å². The fourth-order valence-electron chi connectivity index (χ4n) is 2.45. The second-order valence-electron chi connectivity index (χ2n) is 6.16. The average molecular weight is 404 g/mol. The standard InChI is InChI=1S/C23H20N2O3S/c1-17(26)28-21-13-9-18(10-14-21)15-24-25-23(27)20-11-7-19(8-12-20)16-29-22-5-3-2-4-6-22/h2-15H,16H2,1H3,(H,25,27)/b24-15+. The smallest absolute Gasteiger partial charge is 0.308 e. The molecule has 0 unspecified atom stereocenters. The van der Waals surface area contributed by atoms with Gasteiger partial charge < -0.3 is 4.74 Å². The van der Waals surface area contributed by atoms with Gasteiger partial charge in [0, 0.05) is 23.1 Å². The molecule has 0 heterocycles. The molecule has 0 fully saturated rings. The number of esters is 1. The van der Waals surface area contributed by atoms with Crippen LogP contribution in [0, 0.1) is 0 Å². The molecular formula is C23H20N2O3S. The number of rotatable bonds is 7. The molecule has 146 valence electrons. The van der Waals surface area contributed by atoms with Crippen molar-refractivity contribution in [2.45, 2.75) is 17.6 Å². The van der Waals surface area contributed by atoms with Gasteiger partial charge in [-0.25, -0.2) is 5.43 Å². The Kier molecular flexibility index (Phi) is 7.19. The number of nitrogens with zero attached hydrogens (tertiary/aromatic N) is 1. The number of carbonyl (C=O) groups is 2. The van der Waals surface area contributed by atoms with Crippen molar-refractivity contribution in [3.63, 3.8) is 0 Å². The fraction of sp³-hybridized carbons (Fsp3) is 0.0870. The lowest BCUT2D eigenvalue weighted by atomic mass is 10.1. The summed E-state index contributed by atoms with van der Waals surface area (Å²) < 4.78 is 4.97. The number of hydrogen-bond acceptors (Lipinski definition) is 5. The molecule has 6 heteroatoms. The van der Waals surface area contributed by atoms with E-state index in [1.54, 1.807) is 48.2 Å². The number of hydrazone groups is 1. The minimum absolute atomic E-state index is 0.278. The van der Waals surface area contributed by atoms with E-state index in [2.05, 4.69) is 22.7 Å². The van der Waals surface area contributed by atoms with Crippen LogP contribution < -0.4 is 10.2 Å². The quantitative estimate of drug-likeness (QED) is 0.204. The van der Waals surface area contributed by atoms with Gasteiger partial charge >= 0.3 is 5.97 Å². The van der Waals surface area contributed by atoms with Crippen molar-refractivity contribution in [3.8, 4) is 5.75 Å². The molecule has 0 atom stereocenters.